The molecule has 2 aromatic carbocycles. The number of hydrogen-bond acceptors (Lipinski definition) is 6. The molecule has 0 fully saturated rings. The molecule has 0 amide bonds. The minimum absolute atomic E-state index is 0.268. The summed E-state index contributed by atoms with van der Waals surface area (Å²) in [5.41, 5.74) is 2.91. The average Bonchev–Trinajstić information content (AvgIpc) is 3.12. The van der Waals surface area contributed by atoms with E-state index in [4.69, 9.17) is 13.9 Å². The summed E-state index contributed by atoms with van der Waals surface area (Å²) in [7, 11) is 1.57. The van der Waals surface area contributed by atoms with Gasteiger partial charge in [-0.15, -0.1) is 11.3 Å². The van der Waals surface area contributed by atoms with Gasteiger partial charge in [0.1, 0.15) is 28.7 Å². The second-order valence-corrected chi connectivity index (χ2v) is 6.92. The van der Waals surface area contributed by atoms with Crippen LogP contribution in [0.25, 0.3) is 21.5 Å². The number of aromatic nitrogens is 1. The van der Waals surface area contributed by atoms with Gasteiger partial charge in [-0.1, -0.05) is 0 Å². The van der Waals surface area contributed by atoms with Gasteiger partial charge in [0, 0.05) is 39.7 Å². The van der Waals surface area contributed by atoms with Gasteiger partial charge in [-0.3, -0.25) is 0 Å². The molecule has 2 aromatic heterocycles. The molecule has 6 heteroatoms. The number of thiazole rings is 1. The second-order valence-electron chi connectivity index (χ2n) is 6.06. The first-order valence-corrected chi connectivity index (χ1v) is 9.26. The summed E-state index contributed by atoms with van der Waals surface area (Å²) in [5, 5.41) is 3.84. The molecule has 0 aliphatic carbocycles. The van der Waals surface area contributed by atoms with E-state index in [1.165, 1.54) is 6.07 Å². The lowest BCUT2D eigenvalue weighted by molar-refractivity contribution is 0.306. The Morgan fingerprint density at radius 3 is 2.56 bits per heavy atom. The molecule has 27 heavy (non-hydrogen) atoms. The molecule has 0 aliphatic rings. The van der Waals surface area contributed by atoms with Crippen molar-refractivity contribution in [3.8, 4) is 22.1 Å². The number of methoxy groups -OCH3 is 1. The molecule has 0 unspecified atom stereocenters. The van der Waals surface area contributed by atoms with Crippen molar-refractivity contribution in [3.05, 3.63) is 75.6 Å². The van der Waals surface area contributed by atoms with Crippen LogP contribution >= 0.6 is 11.3 Å². The van der Waals surface area contributed by atoms with Crippen LogP contribution in [0.1, 0.15) is 11.3 Å². The SMILES string of the molecule is COc1ccc2c(COc3ccc(-c4nc(C)cs4)cc3)cc(=O)oc2c1. The maximum atomic E-state index is 11.8. The van der Waals surface area contributed by atoms with Gasteiger partial charge in [-0.25, -0.2) is 9.78 Å². The Kier molecular flexibility index (Phi) is 4.64. The van der Waals surface area contributed by atoms with E-state index in [1.807, 2.05) is 48.7 Å². The van der Waals surface area contributed by atoms with Crippen LogP contribution in [0.15, 0.2) is 63.1 Å². The summed E-state index contributed by atoms with van der Waals surface area (Å²) in [4.78, 5) is 16.3. The molecule has 0 N–H and O–H groups in total. The maximum Gasteiger partial charge on any atom is 0.336 e. The van der Waals surface area contributed by atoms with Crippen molar-refractivity contribution in [2.24, 2.45) is 0 Å². The fourth-order valence-electron chi connectivity index (χ4n) is 2.80. The minimum atomic E-state index is -0.413. The van der Waals surface area contributed by atoms with Gasteiger partial charge < -0.3 is 13.9 Å². The highest BCUT2D eigenvalue weighted by atomic mass is 32.1. The van der Waals surface area contributed by atoms with Crippen molar-refractivity contribution in [2.45, 2.75) is 13.5 Å². The Hall–Kier alpha value is -3.12. The summed E-state index contributed by atoms with van der Waals surface area (Å²) >= 11 is 1.62. The number of rotatable bonds is 5. The fraction of sp³-hybridized carbons (Fsp3) is 0.143. The second kappa shape index (κ2) is 7.25. The molecular formula is C21H17NO4S. The standard InChI is InChI=1S/C21H17NO4S/c1-13-12-27-21(22-13)14-3-5-16(6-4-14)25-11-15-9-20(23)26-19-10-17(24-2)7-8-18(15)19/h3-10,12H,11H2,1-2H3. The lowest BCUT2D eigenvalue weighted by Gasteiger charge is -2.09. The number of hydrogen-bond donors (Lipinski definition) is 0. The molecule has 0 atom stereocenters. The zero-order valence-electron chi connectivity index (χ0n) is 14.9. The van der Waals surface area contributed by atoms with Crippen molar-refractivity contribution in [2.75, 3.05) is 7.11 Å². The third-order valence-corrected chi connectivity index (χ3v) is 5.16. The summed E-state index contributed by atoms with van der Waals surface area (Å²) < 4.78 is 16.3. The summed E-state index contributed by atoms with van der Waals surface area (Å²) in [6, 6.07) is 14.6. The summed E-state index contributed by atoms with van der Waals surface area (Å²) in [5.74, 6) is 1.36. The molecule has 136 valence electrons. The van der Waals surface area contributed by atoms with Gasteiger partial charge in [0.15, 0.2) is 0 Å². The van der Waals surface area contributed by atoms with Crippen LogP contribution in [-0.4, -0.2) is 12.1 Å². The third kappa shape index (κ3) is 3.71. The van der Waals surface area contributed by atoms with Crippen LogP contribution in [0.3, 0.4) is 0 Å². The monoisotopic (exact) mass is 379 g/mol. The normalized spacial score (nSPS) is 10.9. The molecule has 0 saturated carbocycles. The average molecular weight is 379 g/mol. The van der Waals surface area contributed by atoms with Crippen LogP contribution < -0.4 is 15.1 Å². The molecule has 4 aromatic rings. The van der Waals surface area contributed by atoms with E-state index in [2.05, 4.69) is 4.98 Å². The maximum absolute atomic E-state index is 11.8. The quantitative estimate of drug-likeness (QED) is 0.466. The number of fused-ring (bicyclic) bond motifs is 1. The lowest BCUT2D eigenvalue weighted by Crippen LogP contribution is -2.04. The highest BCUT2D eigenvalue weighted by Crippen LogP contribution is 2.27. The topological polar surface area (TPSA) is 61.6 Å². The van der Waals surface area contributed by atoms with Gasteiger partial charge in [0.2, 0.25) is 0 Å². The largest absolute Gasteiger partial charge is 0.497 e. The van der Waals surface area contributed by atoms with E-state index < -0.39 is 5.63 Å². The van der Waals surface area contributed by atoms with Crippen LogP contribution in [0.5, 0.6) is 11.5 Å². The molecule has 0 saturated heterocycles. The van der Waals surface area contributed by atoms with Crippen molar-refractivity contribution in [3.63, 3.8) is 0 Å². The summed E-state index contributed by atoms with van der Waals surface area (Å²) in [6.07, 6.45) is 0. The van der Waals surface area contributed by atoms with Crippen molar-refractivity contribution < 1.29 is 13.9 Å². The number of ether oxygens (including phenoxy) is 2. The number of benzene rings is 2. The molecule has 0 bridgehead atoms. The highest BCUT2D eigenvalue weighted by Gasteiger charge is 2.08. The lowest BCUT2D eigenvalue weighted by atomic mass is 10.1. The first-order chi connectivity index (χ1) is 13.1. The minimum Gasteiger partial charge on any atom is -0.497 e. The first kappa shape index (κ1) is 17.3. The Balaban J connectivity index is 1.55. The van der Waals surface area contributed by atoms with Crippen molar-refractivity contribution in [1.82, 2.24) is 4.98 Å². The molecule has 5 nitrogen and oxygen atoms in total. The Bertz CT molecular complexity index is 1150. The predicted octanol–water partition coefficient (Wildman–Crippen LogP) is 4.81. The van der Waals surface area contributed by atoms with E-state index in [9.17, 15) is 4.79 Å². The van der Waals surface area contributed by atoms with Gasteiger partial charge in [0.05, 0.1) is 7.11 Å². The molecule has 4 rings (SSSR count). The Morgan fingerprint density at radius 1 is 1.07 bits per heavy atom. The van der Waals surface area contributed by atoms with Gasteiger partial charge in [-0.2, -0.15) is 0 Å². The molecular weight excluding hydrogens is 362 g/mol. The zero-order chi connectivity index (χ0) is 18.8. The van der Waals surface area contributed by atoms with E-state index >= 15 is 0 Å². The molecule has 2 heterocycles. The molecule has 0 spiro atoms. The van der Waals surface area contributed by atoms with Gasteiger partial charge in [-0.05, 0) is 43.3 Å². The molecule has 0 radical (unpaired) electrons. The number of aryl methyl sites for hydroxylation is 1. The van der Waals surface area contributed by atoms with Crippen LogP contribution in [0, 0.1) is 6.92 Å². The zero-order valence-corrected chi connectivity index (χ0v) is 15.7. The van der Waals surface area contributed by atoms with Crippen LogP contribution in [-0.2, 0) is 6.61 Å². The fourth-order valence-corrected chi connectivity index (χ4v) is 3.60. The van der Waals surface area contributed by atoms with E-state index in [0.29, 0.717) is 11.3 Å². The van der Waals surface area contributed by atoms with E-state index in [-0.39, 0.29) is 6.61 Å². The van der Waals surface area contributed by atoms with Crippen molar-refractivity contribution in [1.29, 1.82) is 0 Å². The van der Waals surface area contributed by atoms with Crippen molar-refractivity contribution >= 4 is 22.3 Å². The smallest absolute Gasteiger partial charge is 0.336 e. The Morgan fingerprint density at radius 2 is 1.85 bits per heavy atom. The van der Waals surface area contributed by atoms with E-state index in [0.717, 1.165) is 33.0 Å². The van der Waals surface area contributed by atoms with Crippen LogP contribution in [0.4, 0.5) is 0 Å². The predicted molar refractivity (Wildman–Crippen MR) is 106 cm³/mol. The Labute approximate surface area is 159 Å². The van der Waals surface area contributed by atoms with Crippen LogP contribution in [0.2, 0.25) is 0 Å². The highest BCUT2D eigenvalue weighted by molar-refractivity contribution is 7.13. The third-order valence-electron chi connectivity index (χ3n) is 4.15. The van der Waals surface area contributed by atoms with Gasteiger partial charge >= 0.3 is 5.63 Å². The first-order valence-electron chi connectivity index (χ1n) is 8.38. The van der Waals surface area contributed by atoms with E-state index in [1.54, 1.807) is 24.5 Å². The van der Waals surface area contributed by atoms with Gasteiger partial charge in [0.25, 0.3) is 0 Å². The molecule has 0 aliphatic heterocycles. The summed E-state index contributed by atoms with van der Waals surface area (Å²) in [6.45, 7) is 2.25. The number of nitrogens with zero attached hydrogens (tertiary/aromatic N) is 1.